The third kappa shape index (κ3) is 2.19. The minimum absolute atomic E-state index is 0.782. The lowest BCUT2D eigenvalue weighted by Crippen LogP contribution is -2.27. The van der Waals surface area contributed by atoms with Crippen molar-refractivity contribution in [3.8, 4) is 0 Å². The van der Waals surface area contributed by atoms with Crippen LogP contribution in [0.15, 0.2) is 0 Å². The monoisotopic (exact) mass is 160 g/mol. The van der Waals surface area contributed by atoms with Gasteiger partial charge in [-0.15, -0.1) is 0 Å². The van der Waals surface area contributed by atoms with E-state index in [0.717, 1.165) is 14.2 Å². The minimum atomic E-state index is -1.04. The normalized spacial score (nSPS) is 7.82. The Kier molecular flexibility index (Phi) is 3.55. The Balaban J connectivity index is 4.57. The fraction of sp³-hybridized carbons (Fsp3) is 0.400. The molecule has 60 valence electrons. The SMILES string of the molecule is COC(=O)[14C](=[N+]=[N-])C(=O)OC. The molecule has 6 heteroatoms. The fourth-order valence-electron chi connectivity index (χ4n) is 0.358. The molecule has 0 bridgehead atoms. The van der Waals surface area contributed by atoms with Crippen molar-refractivity contribution in [3.05, 3.63) is 5.53 Å². The van der Waals surface area contributed by atoms with E-state index in [-0.39, 0.29) is 0 Å². The van der Waals surface area contributed by atoms with E-state index < -0.39 is 17.7 Å². The lowest BCUT2D eigenvalue weighted by atomic mass is 11.0. The van der Waals surface area contributed by atoms with E-state index in [1.165, 1.54) is 0 Å². The molecule has 0 amide bonds. The first-order chi connectivity index (χ1) is 5.17. The smallest absolute Gasteiger partial charge is 0.460 e. The maximum atomic E-state index is 10.5. The first-order valence-electron chi connectivity index (χ1n) is 2.56. The molecule has 0 saturated carbocycles. The van der Waals surface area contributed by atoms with Crippen LogP contribution in [0.2, 0.25) is 0 Å². The number of carbonyl (C=O) groups excluding carboxylic acids is 2. The summed E-state index contributed by atoms with van der Waals surface area (Å²) >= 11 is 0. The third-order valence-electron chi connectivity index (χ3n) is 0.857. The molecule has 0 aliphatic heterocycles. The highest BCUT2D eigenvalue weighted by atomic mass is 16.6. The lowest BCUT2D eigenvalue weighted by Gasteiger charge is -1.91. The highest BCUT2D eigenvalue weighted by Gasteiger charge is 2.31. The van der Waals surface area contributed by atoms with E-state index in [0.29, 0.717) is 0 Å². The second-order valence-electron chi connectivity index (χ2n) is 1.43. The van der Waals surface area contributed by atoms with Gasteiger partial charge >= 0.3 is 17.7 Å². The summed E-state index contributed by atoms with van der Waals surface area (Å²) in [5.41, 5.74) is 7.33. The van der Waals surface area contributed by atoms with Gasteiger partial charge in [0.1, 0.15) is 0 Å². The van der Waals surface area contributed by atoms with Gasteiger partial charge in [0.15, 0.2) is 0 Å². The number of ether oxygens (including phenoxy) is 2. The average Bonchev–Trinajstić information content (AvgIpc) is 2.05. The van der Waals surface area contributed by atoms with Crippen LogP contribution >= 0.6 is 0 Å². The molecule has 0 radical (unpaired) electrons. The summed E-state index contributed by atoms with van der Waals surface area (Å²) in [4.78, 5) is 23.5. The number of carbonyl (C=O) groups is 2. The largest absolute Gasteiger partial charge is 0.482 e. The third-order valence-corrected chi connectivity index (χ3v) is 0.857. The molecule has 0 atom stereocenters. The number of esters is 2. The van der Waals surface area contributed by atoms with Crippen LogP contribution in [0.1, 0.15) is 0 Å². The second kappa shape index (κ2) is 4.19. The molecule has 0 N–H and O–H groups in total. The van der Waals surface area contributed by atoms with Gasteiger partial charge in [-0.1, -0.05) is 0 Å². The number of hydrogen-bond donors (Lipinski definition) is 0. The zero-order chi connectivity index (χ0) is 8.85. The second-order valence-corrected chi connectivity index (χ2v) is 1.43. The summed E-state index contributed by atoms with van der Waals surface area (Å²) in [5.74, 6) is -2.08. The summed E-state index contributed by atoms with van der Waals surface area (Å²) in [6.07, 6.45) is 0. The lowest BCUT2D eigenvalue weighted by molar-refractivity contribution is -0.146. The van der Waals surface area contributed by atoms with Crippen molar-refractivity contribution >= 4 is 17.7 Å². The number of hydrogen-bond acceptors (Lipinski definition) is 4. The van der Waals surface area contributed by atoms with Gasteiger partial charge in [-0.2, -0.15) is 4.79 Å². The van der Waals surface area contributed by atoms with Gasteiger partial charge in [0.05, 0.1) is 14.2 Å². The summed E-state index contributed by atoms with van der Waals surface area (Å²) in [6, 6.07) is 0. The van der Waals surface area contributed by atoms with E-state index >= 15 is 0 Å². The molecule has 0 fully saturated rings. The quantitative estimate of drug-likeness (QED) is 0.170. The number of rotatable bonds is 2. The molecule has 0 aliphatic carbocycles. The van der Waals surface area contributed by atoms with Crippen LogP contribution in [0, 0.1) is 0 Å². The van der Waals surface area contributed by atoms with Crippen molar-refractivity contribution in [1.82, 2.24) is 0 Å². The van der Waals surface area contributed by atoms with Crippen molar-refractivity contribution in [3.63, 3.8) is 0 Å². The van der Waals surface area contributed by atoms with Crippen molar-refractivity contribution in [2.75, 3.05) is 14.2 Å². The van der Waals surface area contributed by atoms with Gasteiger partial charge in [-0.25, -0.2) is 9.59 Å². The molecule has 0 heterocycles. The van der Waals surface area contributed by atoms with E-state index in [1.807, 2.05) is 0 Å². The summed E-state index contributed by atoms with van der Waals surface area (Å²) in [5, 5.41) is 0. The summed E-state index contributed by atoms with van der Waals surface area (Å²) < 4.78 is 8.19. The highest BCUT2D eigenvalue weighted by molar-refractivity contribution is 6.60. The van der Waals surface area contributed by atoms with Crippen LogP contribution in [-0.4, -0.2) is 36.7 Å². The molecule has 0 unspecified atom stereocenters. The first kappa shape index (κ1) is 9.32. The molecular weight excluding hydrogens is 154 g/mol. The Labute approximate surface area is 62.3 Å². The van der Waals surface area contributed by atoms with Crippen LogP contribution in [0.3, 0.4) is 0 Å². The van der Waals surface area contributed by atoms with Crippen molar-refractivity contribution in [2.24, 2.45) is 0 Å². The van der Waals surface area contributed by atoms with E-state index in [4.69, 9.17) is 5.53 Å². The van der Waals surface area contributed by atoms with Crippen LogP contribution in [0.5, 0.6) is 0 Å². The van der Waals surface area contributed by atoms with Crippen LogP contribution < -0.4 is 0 Å². The molecule has 0 saturated heterocycles. The van der Waals surface area contributed by atoms with Gasteiger partial charge in [0.25, 0.3) is 0 Å². The molecule has 0 aromatic rings. The maximum absolute atomic E-state index is 10.5. The maximum Gasteiger partial charge on any atom is 0.482 e. The fourth-order valence-corrected chi connectivity index (χ4v) is 0.358. The summed E-state index contributed by atoms with van der Waals surface area (Å²) in [7, 11) is 2.10. The Bertz CT molecular complexity index is 211. The minimum Gasteiger partial charge on any atom is -0.460 e. The van der Waals surface area contributed by atoms with E-state index in [9.17, 15) is 9.59 Å². The van der Waals surface area contributed by atoms with Crippen LogP contribution in [0.25, 0.3) is 5.53 Å². The molecule has 0 aromatic heterocycles. The Morgan fingerprint density at radius 3 is 1.82 bits per heavy atom. The molecule has 6 nitrogen and oxygen atoms in total. The molecule has 11 heavy (non-hydrogen) atoms. The topological polar surface area (TPSA) is 89.0 Å². The van der Waals surface area contributed by atoms with E-state index in [2.05, 4.69) is 14.3 Å². The van der Waals surface area contributed by atoms with Crippen molar-refractivity contribution in [2.45, 2.75) is 0 Å². The molecule has 0 aromatic carbocycles. The van der Waals surface area contributed by atoms with Gasteiger partial charge < -0.3 is 15.0 Å². The Morgan fingerprint density at radius 2 is 1.64 bits per heavy atom. The Hall–Kier alpha value is -1.68. The zero-order valence-corrected chi connectivity index (χ0v) is 6.03. The van der Waals surface area contributed by atoms with Gasteiger partial charge in [-0.3, -0.25) is 0 Å². The van der Waals surface area contributed by atoms with Gasteiger partial charge in [-0.05, 0) is 0 Å². The number of methoxy groups -OCH3 is 2. The van der Waals surface area contributed by atoms with E-state index in [1.54, 1.807) is 0 Å². The van der Waals surface area contributed by atoms with Gasteiger partial charge in [0.2, 0.25) is 0 Å². The van der Waals surface area contributed by atoms with Gasteiger partial charge in [0, 0.05) is 0 Å². The first-order valence-corrected chi connectivity index (χ1v) is 2.56. The van der Waals surface area contributed by atoms with Crippen LogP contribution in [-0.2, 0) is 19.1 Å². The van der Waals surface area contributed by atoms with Crippen molar-refractivity contribution < 1.29 is 23.9 Å². The molecule has 0 spiro atoms. The standard InChI is InChI=1S/C5H6N2O4/c1-10-4(8)3(7-6)5(9)11-2/h1-2H3/i3+2. The molecular formula is C5H6N2O4. The predicted molar refractivity (Wildman–Crippen MR) is 32.7 cm³/mol. The number of nitrogens with zero attached hydrogens (tertiary/aromatic N) is 2. The van der Waals surface area contributed by atoms with Crippen LogP contribution in [0.4, 0.5) is 0 Å². The highest BCUT2D eigenvalue weighted by Crippen LogP contribution is 1.81. The Morgan fingerprint density at radius 1 is 1.27 bits per heavy atom. The van der Waals surface area contributed by atoms with Crippen molar-refractivity contribution in [1.29, 1.82) is 0 Å². The molecule has 0 rings (SSSR count). The average molecular weight is 160 g/mol. The predicted octanol–water partition coefficient (Wildman–Crippen LogP) is -0.997. The zero-order valence-electron chi connectivity index (χ0n) is 6.03. The summed E-state index contributed by atoms with van der Waals surface area (Å²) in [6.45, 7) is 0. The molecule has 0 aliphatic rings.